The van der Waals surface area contributed by atoms with Crippen molar-refractivity contribution in [2.45, 2.75) is 18.8 Å². The average Bonchev–Trinajstić information content (AvgIpc) is 2.60. The van der Waals surface area contributed by atoms with Crippen molar-refractivity contribution >= 4 is 5.91 Å². The van der Waals surface area contributed by atoms with Crippen molar-refractivity contribution in [3.05, 3.63) is 70.8 Å². The first kappa shape index (κ1) is 14.0. The number of hydrogen-bond acceptors (Lipinski definition) is 2. The molecule has 3 heteroatoms. The average molecular weight is 302 g/mol. The number of benzene rings is 1. The molecule has 1 aromatic rings. The lowest BCUT2D eigenvalue weighted by molar-refractivity contribution is -0.119. The predicted molar refractivity (Wildman–Crippen MR) is 88.3 cm³/mol. The molecule has 0 radical (unpaired) electrons. The molecular formula is C20H18N2O. The molecule has 114 valence electrons. The number of carbonyl (C=O) groups excluding carboxylic acids is 1. The van der Waals surface area contributed by atoms with Crippen LogP contribution < -0.4 is 5.32 Å². The van der Waals surface area contributed by atoms with Crippen molar-refractivity contribution in [1.82, 2.24) is 5.32 Å². The van der Waals surface area contributed by atoms with Crippen molar-refractivity contribution in [3.8, 4) is 6.07 Å². The molecular weight excluding hydrogens is 284 g/mol. The maximum absolute atomic E-state index is 12.1. The highest BCUT2D eigenvalue weighted by Crippen LogP contribution is 2.46. The molecule has 3 aliphatic rings. The van der Waals surface area contributed by atoms with Gasteiger partial charge in [-0.2, -0.15) is 5.26 Å². The molecule has 0 saturated carbocycles. The first-order chi connectivity index (χ1) is 11.3. The third kappa shape index (κ3) is 2.41. The fourth-order valence-electron chi connectivity index (χ4n) is 4.07. The Morgan fingerprint density at radius 2 is 2.00 bits per heavy atom. The standard InChI is InChI=1S/C20H18N2O/c21-12-13-8-16-11-19-15(6-7-22-20(19)23)10-18(16)17(9-13)14-4-2-1-3-5-14/h1-5,8-9,11,15,17-18H,6-7,10H2,(H,22,23). The van der Waals surface area contributed by atoms with Crippen LogP contribution in [0.3, 0.4) is 0 Å². The molecule has 3 unspecified atom stereocenters. The van der Waals surface area contributed by atoms with E-state index in [4.69, 9.17) is 0 Å². The molecule has 1 heterocycles. The Kier molecular flexibility index (Phi) is 3.38. The van der Waals surface area contributed by atoms with Gasteiger partial charge in [0.2, 0.25) is 5.91 Å². The number of nitrogens with zero attached hydrogens (tertiary/aromatic N) is 1. The van der Waals surface area contributed by atoms with E-state index in [1.165, 1.54) is 5.56 Å². The highest BCUT2D eigenvalue weighted by Gasteiger charge is 2.37. The molecule has 4 rings (SSSR count). The van der Waals surface area contributed by atoms with Gasteiger partial charge >= 0.3 is 0 Å². The van der Waals surface area contributed by atoms with Gasteiger partial charge in [-0.1, -0.05) is 36.4 Å². The van der Waals surface area contributed by atoms with E-state index in [0.29, 0.717) is 17.4 Å². The summed E-state index contributed by atoms with van der Waals surface area (Å²) in [5, 5.41) is 12.3. The van der Waals surface area contributed by atoms with Crippen LogP contribution in [0.5, 0.6) is 0 Å². The Labute approximate surface area is 136 Å². The van der Waals surface area contributed by atoms with E-state index < -0.39 is 0 Å². The second-order valence-corrected chi connectivity index (χ2v) is 6.50. The molecule has 1 aromatic carbocycles. The number of piperidine rings is 1. The summed E-state index contributed by atoms with van der Waals surface area (Å²) in [7, 11) is 0. The zero-order valence-electron chi connectivity index (χ0n) is 12.8. The molecule has 1 fully saturated rings. The summed E-state index contributed by atoms with van der Waals surface area (Å²) in [4.78, 5) is 12.1. The van der Waals surface area contributed by atoms with Crippen molar-refractivity contribution in [2.75, 3.05) is 6.54 Å². The summed E-state index contributed by atoms with van der Waals surface area (Å²) in [6.07, 6.45) is 8.07. The molecule has 2 aliphatic carbocycles. The second-order valence-electron chi connectivity index (χ2n) is 6.50. The van der Waals surface area contributed by atoms with E-state index in [1.807, 2.05) is 30.4 Å². The van der Waals surface area contributed by atoms with Crippen LogP contribution in [0.4, 0.5) is 0 Å². The zero-order valence-corrected chi connectivity index (χ0v) is 12.8. The van der Waals surface area contributed by atoms with Gasteiger partial charge in [0.1, 0.15) is 0 Å². The van der Waals surface area contributed by atoms with Crippen molar-refractivity contribution in [2.24, 2.45) is 11.8 Å². The Bertz CT molecular complexity index is 780. The number of hydrogen-bond donors (Lipinski definition) is 1. The molecule has 3 nitrogen and oxygen atoms in total. The van der Waals surface area contributed by atoms with Crippen molar-refractivity contribution in [3.63, 3.8) is 0 Å². The minimum Gasteiger partial charge on any atom is -0.352 e. The maximum Gasteiger partial charge on any atom is 0.247 e. The quantitative estimate of drug-likeness (QED) is 0.866. The number of nitriles is 1. The number of nitrogens with one attached hydrogen (secondary N) is 1. The first-order valence-electron chi connectivity index (χ1n) is 8.14. The molecule has 1 N–H and O–H groups in total. The van der Waals surface area contributed by atoms with Crippen molar-refractivity contribution < 1.29 is 4.79 Å². The van der Waals surface area contributed by atoms with E-state index >= 15 is 0 Å². The van der Waals surface area contributed by atoms with Crippen molar-refractivity contribution in [1.29, 1.82) is 5.26 Å². The fraction of sp³-hybridized carbons (Fsp3) is 0.300. The van der Waals surface area contributed by atoms with Gasteiger partial charge in [0, 0.05) is 23.6 Å². The normalized spacial score (nSPS) is 29.1. The summed E-state index contributed by atoms with van der Waals surface area (Å²) in [6.45, 7) is 0.766. The van der Waals surface area contributed by atoms with Gasteiger partial charge in [0.25, 0.3) is 0 Å². The van der Waals surface area contributed by atoms with E-state index in [9.17, 15) is 10.1 Å². The van der Waals surface area contributed by atoms with Gasteiger partial charge in [-0.05, 0) is 48.0 Å². The van der Waals surface area contributed by atoms with E-state index in [2.05, 4.69) is 29.6 Å². The Hall–Kier alpha value is -2.60. The SMILES string of the molecule is N#CC1=CC(c2ccccc2)C2CC3CCNC(=O)C3=CC2=C1. The fourth-order valence-corrected chi connectivity index (χ4v) is 4.07. The van der Waals surface area contributed by atoms with Crippen LogP contribution in [0.2, 0.25) is 0 Å². The van der Waals surface area contributed by atoms with Crippen LogP contribution in [0, 0.1) is 23.2 Å². The summed E-state index contributed by atoms with van der Waals surface area (Å²) in [6, 6.07) is 12.6. The van der Waals surface area contributed by atoms with E-state index in [0.717, 1.165) is 30.5 Å². The van der Waals surface area contributed by atoms with Gasteiger partial charge in [-0.25, -0.2) is 0 Å². The number of allylic oxidation sites excluding steroid dienone is 5. The van der Waals surface area contributed by atoms with Crippen LogP contribution in [0.1, 0.15) is 24.3 Å². The Morgan fingerprint density at radius 3 is 2.78 bits per heavy atom. The smallest absolute Gasteiger partial charge is 0.247 e. The van der Waals surface area contributed by atoms with Gasteiger partial charge in [-0.3, -0.25) is 4.79 Å². The topological polar surface area (TPSA) is 52.9 Å². The number of rotatable bonds is 1. The molecule has 0 aromatic heterocycles. The van der Waals surface area contributed by atoms with Gasteiger partial charge in [0.15, 0.2) is 0 Å². The predicted octanol–water partition coefficient (Wildman–Crippen LogP) is 3.24. The van der Waals surface area contributed by atoms with Crippen LogP contribution in [0.25, 0.3) is 0 Å². The maximum atomic E-state index is 12.1. The van der Waals surface area contributed by atoms with Crippen LogP contribution in [-0.4, -0.2) is 12.5 Å². The Morgan fingerprint density at radius 1 is 1.17 bits per heavy atom. The number of fused-ring (bicyclic) bond motifs is 2. The molecule has 1 aliphatic heterocycles. The number of carbonyl (C=O) groups is 1. The van der Waals surface area contributed by atoms with E-state index in [-0.39, 0.29) is 11.8 Å². The summed E-state index contributed by atoms with van der Waals surface area (Å²) in [5.74, 6) is 0.974. The van der Waals surface area contributed by atoms with Gasteiger partial charge in [0.05, 0.1) is 6.07 Å². The zero-order chi connectivity index (χ0) is 15.8. The van der Waals surface area contributed by atoms with Crippen LogP contribution in [0.15, 0.2) is 65.3 Å². The van der Waals surface area contributed by atoms with Gasteiger partial charge < -0.3 is 5.32 Å². The van der Waals surface area contributed by atoms with E-state index in [1.54, 1.807) is 0 Å². The Balaban J connectivity index is 1.78. The number of amides is 1. The molecule has 1 amide bonds. The largest absolute Gasteiger partial charge is 0.352 e. The summed E-state index contributed by atoms with van der Waals surface area (Å²) < 4.78 is 0. The lowest BCUT2D eigenvalue weighted by Crippen LogP contribution is -2.39. The molecule has 1 saturated heterocycles. The second kappa shape index (κ2) is 5.55. The minimum atomic E-state index is 0.0601. The molecule has 0 spiro atoms. The lowest BCUT2D eigenvalue weighted by atomic mass is 9.66. The third-order valence-electron chi connectivity index (χ3n) is 5.20. The van der Waals surface area contributed by atoms with Crippen LogP contribution >= 0.6 is 0 Å². The highest BCUT2D eigenvalue weighted by atomic mass is 16.1. The highest BCUT2D eigenvalue weighted by molar-refractivity contribution is 5.95. The van der Waals surface area contributed by atoms with Gasteiger partial charge in [-0.15, -0.1) is 0 Å². The molecule has 3 atom stereocenters. The molecule has 23 heavy (non-hydrogen) atoms. The first-order valence-corrected chi connectivity index (χ1v) is 8.14. The third-order valence-corrected chi connectivity index (χ3v) is 5.20. The monoisotopic (exact) mass is 302 g/mol. The summed E-state index contributed by atoms with van der Waals surface area (Å²) >= 11 is 0. The molecule has 0 bridgehead atoms. The van der Waals surface area contributed by atoms with Crippen LogP contribution in [-0.2, 0) is 4.79 Å². The minimum absolute atomic E-state index is 0.0601. The summed E-state index contributed by atoms with van der Waals surface area (Å²) in [5.41, 5.74) is 3.95. The lowest BCUT2D eigenvalue weighted by Gasteiger charge is -2.39.